The molecule has 164 valence electrons. The van der Waals surface area contributed by atoms with Crippen molar-refractivity contribution >= 4 is 34.2 Å². The number of anilines is 1. The van der Waals surface area contributed by atoms with Gasteiger partial charge in [-0.3, -0.25) is 4.90 Å². The van der Waals surface area contributed by atoms with Gasteiger partial charge in [0.1, 0.15) is 11.4 Å². The second kappa shape index (κ2) is 10.1. The molecule has 1 N–H and O–H groups in total. The van der Waals surface area contributed by atoms with E-state index in [1.807, 2.05) is 36.4 Å². The molecule has 0 spiro atoms. The maximum Gasteiger partial charge on any atom is 0.354 e. The van der Waals surface area contributed by atoms with Crippen LogP contribution in [0.5, 0.6) is 5.75 Å². The summed E-state index contributed by atoms with van der Waals surface area (Å²) < 4.78 is 11.0. The zero-order valence-electron chi connectivity index (χ0n) is 17.8. The standard InChI is InChI=1S/C24H28ClN3O3/c1-2-30-24(29)22-17-18-16-19(8-9-21(18)26-22)31-15-5-10-27-11-13-28(14-12-27)23-7-4-3-6-20(23)25/h3-4,6-9,16-17,26H,2,5,10-15H2,1H3. The number of hydrogen-bond acceptors (Lipinski definition) is 5. The monoisotopic (exact) mass is 441 g/mol. The molecule has 7 heteroatoms. The van der Waals surface area contributed by atoms with Crippen LogP contribution < -0.4 is 9.64 Å². The lowest BCUT2D eigenvalue weighted by molar-refractivity contribution is 0.0520. The minimum atomic E-state index is -0.337. The lowest BCUT2D eigenvalue weighted by Crippen LogP contribution is -2.46. The van der Waals surface area contributed by atoms with E-state index in [0.717, 1.165) is 66.5 Å². The van der Waals surface area contributed by atoms with Crippen molar-refractivity contribution < 1.29 is 14.3 Å². The van der Waals surface area contributed by atoms with E-state index in [1.54, 1.807) is 13.0 Å². The van der Waals surface area contributed by atoms with Crippen LogP contribution in [0.2, 0.25) is 5.02 Å². The average Bonchev–Trinajstić information content (AvgIpc) is 3.21. The van der Waals surface area contributed by atoms with Crippen LogP contribution >= 0.6 is 11.6 Å². The highest BCUT2D eigenvalue weighted by Gasteiger charge is 2.18. The normalized spacial score (nSPS) is 14.7. The third kappa shape index (κ3) is 5.32. The molecule has 2 heterocycles. The number of aromatic nitrogens is 1. The Morgan fingerprint density at radius 1 is 1.10 bits per heavy atom. The number of halogens is 1. The van der Waals surface area contributed by atoms with E-state index >= 15 is 0 Å². The van der Waals surface area contributed by atoms with Crippen molar-refractivity contribution in [2.45, 2.75) is 13.3 Å². The van der Waals surface area contributed by atoms with Gasteiger partial charge >= 0.3 is 5.97 Å². The van der Waals surface area contributed by atoms with E-state index in [1.165, 1.54) is 0 Å². The molecular weight excluding hydrogens is 414 g/mol. The van der Waals surface area contributed by atoms with Gasteiger partial charge < -0.3 is 19.4 Å². The van der Waals surface area contributed by atoms with Gasteiger partial charge in [-0.05, 0) is 49.7 Å². The summed E-state index contributed by atoms with van der Waals surface area (Å²) in [5.41, 5.74) is 2.48. The van der Waals surface area contributed by atoms with Crippen LogP contribution in [0.25, 0.3) is 10.9 Å². The van der Waals surface area contributed by atoms with Crippen molar-refractivity contribution in [1.82, 2.24) is 9.88 Å². The van der Waals surface area contributed by atoms with Crippen molar-refractivity contribution in [3.05, 3.63) is 59.2 Å². The maximum atomic E-state index is 11.9. The van der Waals surface area contributed by atoms with Crippen molar-refractivity contribution in [3.63, 3.8) is 0 Å². The van der Waals surface area contributed by atoms with E-state index in [2.05, 4.69) is 20.9 Å². The Bertz CT molecular complexity index is 1030. The number of nitrogens with zero attached hydrogens (tertiary/aromatic N) is 2. The van der Waals surface area contributed by atoms with Crippen LogP contribution in [-0.2, 0) is 4.74 Å². The summed E-state index contributed by atoms with van der Waals surface area (Å²) >= 11 is 6.33. The van der Waals surface area contributed by atoms with Crippen LogP contribution in [0.4, 0.5) is 5.69 Å². The van der Waals surface area contributed by atoms with Gasteiger partial charge in [0.25, 0.3) is 0 Å². The molecule has 1 aromatic heterocycles. The van der Waals surface area contributed by atoms with Crippen LogP contribution in [0.3, 0.4) is 0 Å². The number of hydrogen-bond donors (Lipinski definition) is 1. The van der Waals surface area contributed by atoms with E-state index in [0.29, 0.717) is 18.9 Å². The Morgan fingerprint density at radius 3 is 2.68 bits per heavy atom. The summed E-state index contributed by atoms with van der Waals surface area (Å²) in [4.78, 5) is 19.8. The van der Waals surface area contributed by atoms with Gasteiger partial charge in [0.05, 0.1) is 23.9 Å². The Hall–Kier alpha value is -2.70. The number of benzene rings is 2. The molecule has 0 aliphatic carbocycles. The van der Waals surface area contributed by atoms with Gasteiger partial charge in [-0.2, -0.15) is 0 Å². The number of aromatic amines is 1. The van der Waals surface area contributed by atoms with Gasteiger partial charge in [-0.15, -0.1) is 0 Å². The van der Waals surface area contributed by atoms with E-state index in [9.17, 15) is 4.79 Å². The molecule has 31 heavy (non-hydrogen) atoms. The first-order chi connectivity index (χ1) is 15.1. The number of rotatable bonds is 8. The number of fused-ring (bicyclic) bond motifs is 1. The highest BCUT2D eigenvalue weighted by molar-refractivity contribution is 6.33. The van der Waals surface area contributed by atoms with E-state index in [-0.39, 0.29) is 5.97 Å². The Labute approximate surface area is 187 Å². The second-order valence-electron chi connectivity index (χ2n) is 7.63. The SMILES string of the molecule is CCOC(=O)c1cc2cc(OCCCN3CCN(c4ccccc4Cl)CC3)ccc2[nH]1. The highest BCUT2D eigenvalue weighted by atomic mass is 35.5. The summed E-state index contributed by atoms with van der Waals surface area (Å²) in [7, 11) is 0. The molecule has 0 radical (unpaired) electrons. The summed E-state index contributed by atoms with van der Waals surface area (Å²) in [5, 5.41) is 1.76. The number of nitrogens with one attached hydrogen (secondary N) is 1. The zero-order chi connectivity index (χ0) is 21.6. The van der Waals surface area contributed by atoms with Gasteiger partial charge in [-0.25, -0.2) is 4.79 Å². The second-order valence-corrected chi connectivity index (χ2v) is 8.04. The van der Waals surface area contributed by atoms with Gasteiger partial charge in [0.15, 0.2) is 0 Å². The third-order valence-corrected chi connectivity index (χ3v) is 5.86. The summed E-state index contributed by atoms with van der Waals surface area (Å²) in [6.07, 6.45) is 0.964. The first-order valence-corrected chi connectivity index (χ1v) is 11.2. The number of para-hydroxylation sites is 1. The fourth-order valence-electron chi connectivity index (χ4n) is 3.92. The smallest absolute Gasteiger partial charge is 0.354 e. The van der Waals surface area contributed by atoms with E-state index < -0.39 is 0 Å². The summed E-state index contributed by atoms with van der Waals surface area (Å²) in [6.45, 7) is 7.84. The predicted octanol–water partition coefficient (Wildman–Crippen LogP) is 4.59. The fourth-order valence-corrected chi connectivity index (χ4v) is 4.17. The molecule has 4 rings (SSSR count). The Balaban J connectivity index is 1.22. The molecular formula is C24H28ClN3O3. The van der Waals surface area contributed by atoms with Crippen molar-refractivity contribution in [3.8, 4) is 5.75 Å². The minimum absolute atomic E-state index is 0.337. The van der Waals surface area contributed by atoms with E-state index in [4.69, 9.17) is 21.1 Å². The number of carbonyl (C=O) groups is 1. The number of esters is 1. The van der Waals surface area contributed by atoms with Gasteiger partial charge in [0, 0.05) is 43.6 Å². The zero-order valence-corrected chi connectivity index (χ0v) is 18.5. The molecule has 0 atom stereocenters. The van der Waals surface area contributed by atoms with Crippen LogP contribution in [-0.4, -0.2) is 61.8 Å². The first kappa shape index (κ1) is 21.5. The maximum absolute atomic E-state index is 11.9. The molecule has 0 amide bonds. The molecule has 1 aliphatic heterocycles. The quantitative estimate of drug-likeness (QED) is 0.409. The molecule has 2 aromatic carbocycles. The Kier molecular flexibility index (Phi) is 6.99. The van der Waals surface area contributed by atoms with Gasteiger partial charge in [-0.1, -0.05) is 23.7 Å². The molecule has 6 nitrogen and oxygen atoms in total. The largest absolute Gasteiger partial charge is 0.494 e. The minimum Gasteiger partial charge on any atom is -0.494 e. The van der Waals surface area contributed by atoms with Crippen molar-refractivity contribution in [2.75, 3.05) is 50.8 Å². The van der Waals surface area contributed by atoms with Crippen molar-refractivity contribution in [2.24, 2.45) is 0 Å². The topological polar surface area (TPSA) is 57.8 Å². The molecule has 1 aliphatic rings. The average molecular weight is 442 g/mol. The van der Waals surface area contributed by atoms with Crippen LogP contribution in [0.15, 0.2) is 48.5 Å². The Morgan fingerprint density at radius 2 is 1.90 bits per heavy atom. The molecule has 0 bridgehead atoms. The summed E-state index contributed by atoms with van der Waals surface area (Å²) in [5.74, 6) is 0.473. The van der Waals surface area contributed by atoms with Crippen molar-refractivity contribution in [1.29, 1.82) is 0 Å². The predicted molar refractivity (Wildman–Crippen MR) is 124 cm³/mol. The molecule has 0 saturated carbocycles. The molecule has 3 aromatic rings. The number of ether oxygens (including phenoxy) is 2. The fraction of sp³-hybridized carbons (Fsp3) is 0.375. The number of H-pyrrole nitrogens is 1. The van der Waals surface area contributed by atoms with Gasteiger partial charge in [0.2, 0.25) is 0 Å². The summed E-state index contributed by atoms with van der Waals surface area (Å²) in [6, 6.07) is 15.7. The third-order valence-electron chi connectivity index (χ3n) is 5.54. The molecule has 1 saturated heterocycles. The number of piperazine rings is 1. The number of carbonyl (C=O) groups excluding carboxylic acids is 1. The van der Waals surface area contributed by atoms with Crippen LogP contribution in [0, 0.1) is 0 Å². The molecule has 1 fully saturated rings. The molecule has 0 unspecified atom stereocenters. The first-order valence-electron chi connectivity index (χ1n) is 10.8. The lowest BCUT2D eigenvalue weighted by Gasteiger charge is -2.36. The highest BCUT2D eigenvalue weighted by Crippen LogP contribution is 2.26. The lowest BCUT2D eigenvalue weighted by atomic mass is 10.2. The van der Waals surface area contributed by atoms with Crippen LogP contribution in [0.1, 0.15) is 23.8 Å².